The fourth-order valence-electron chi connectivity index (χ4n) is 4.49. The van der Waals surface area contributed by atoms with E-state index in [-0.39, 0.29) is 28.5 Å². The zero-order valence-electron chi connectivity index (χ0n) is 13.9. The van der Waals surface area contributed by atoms with Crippen molar-refractivity contribution in [3.8, 4) is 12.1 Å². The van der Waals surface area contributed by atoms with E-state index in [0.29, 0.717) is 5.56 Å². The highest BCUT2D eigenvalue weighted by molar-refractivity contribution is 5.55. The van der Waals surface area contributed by atoms with E-state index in [1.807, 2.05) is 12.1 Å². The van der Waals surface area contributed by atoms with E-state index in [9.17, 15) is 10.5 Å². The van der Waals surface area contributed by atoms with Gasteiger partial charge in [-0.05, 0) is 43.1 Å². The molecule has 0 saturated heterocycles. The van der Waals surface area contributed by atoms with Gasteiger partial charge < -0.3 is 0 Å². The molecular formula is C20H22F2N2. The zero-order valence-corrected chi connectivity index (χ0v) is 13.9. The molecule has 126 valence electrons. The summed E-state index contributed by atoms with van der Waals surface area (Å²) in [6.07, 6.45) is 9.08. The fraction of sp³-hybridized carbons (Fsp3) is 0.600. The van der Waals surface area contributed by atoms with Crippen LogP contribution < -0.4 is 0 Å². The van der Waals surface area contributed by atoms with Crippen LogP contribution >= 0.6 is 0 Å². The minimum Gasteiger partial charge on any atom is -0.205 e. The SMILES string of the molecule is N#Cc1c(F)c(C2CCCCC2)c(F)c(C#N)c1C1CCCCC1. The maximum absolute atomic E-state index is 15.1. The monoisotopic (exact) mass is 328 g/mol. The van der Waals surface area contributed by atoms with E-state index in [4.69, 9.17) is 0 Å². The lowest BCUT2D eigenvalue weighted by Crippen LogP contribution is -2.17. The predicted octanol–water partition coefficient (Wildman–Crippen LogP) is 5.80. The number of hydrogen-bond donors (Lipinski definition) is 0. The van der Waals surface area contributed by atoms with Crippen molar-refractivity contribution in [1.29, 1.82) is 10.5 Å². The third-order valence-corrected chi connectivity index (χ3v) is 5.70. The second kappa shape index (κ2) is 7.31. The Morgan fingerprint density at radius 1 is 0.625 bits per heavy atom. The molecule has 0 N–H and O–H groups in total. The first-order valence-corrected chi connectivity index (χ1v) is 9.04. The molecule has 1 aromatic rings. The Morgan fingerprint density at radius 2 is 1.00 bits per heavy atom. The van der Waals surface area contributed by atoms with Crippen LogP contribution in [0.3, 0.4) is 0 Å². The molecular weight excluding hydrogens is 306 g/mol. The topological polar surface area (TPSA) is 47.6 Å². The van der Waals surface area contributed by atoms with Crippen LogP contribution in [0.5, 0.6) is 0 Å². The third-order valence-electron chi connectivity index (χ3n) is 5.70. The lowest BCUT2D eigenvalue weighted by Gasteiger charge is -2.28. The van der Waals surface area contributed by atoms with Crippen LogP contribution in [-0.2, 0) is 0 Å². The molecule has 2 nitrogen and oxygen atoms in total. The Balaban J connectivity index is 2.17. The molecule has 2 aliphatic carbocycles. The van der Waals surface area contributed by atoms with Gasteiger partial charge in [0.05, 0.1) is 11.1 Å². The molecule has 2 aliphatic rings. The molecule has 0 aliphatic heterocycles. The highest BCUT2D eigenvalue weighted by atomic mass is 19.1. The van der Waals surface area contributed by atoms with Crippen LogP contribution in [0.2, 0.25) is 0 Å². The van der Waals surface area contributed by atoms with Crippen molar-refractivity contribution in [3.63, 3.8) is 0 Å². The summed E-state index contributed by atoms with van der Waals surface area (Å²) in [4.78, 5) is 0. The summed E-state index contributed by atoms with van der Waals surface area (Å²) >= 11 is 0. The summed E-state index contributed by atoms with van der Waals surface area (Å²) in [6.45, 7) is 0. The van der Waals surface area contributed by atoms with Crippen LogP contribution in [0.15, 0.2) is 0 Å². The molecule has 0 aromatic heterocycles. The first-order chi connectivity index (χ1) is 11.7. The van der Waals surface area contributed by atoms with Gasteiger partial charge >= 0.3 is 0 Å². The number of benzene rings is 1. The fourth-order valence-corrected chi connectivity index (χ4v) is 4.49. The molecule has 4 heteroatoms. The Kier molecular flexibility index (Phi) is 5.14. The van der Waals surface area contributed by atoms with Gasteiger partial charge in [-0.3, -0.25) is 0 Å². The van der Waals surface area contributed by atoms with Gasteiger partial charge in [0.15, 0.2) is 0 Å². The van der Waals surface area contributed by atoms with Gasteiger partial charge in [0.2, 0.25) is 0 Å². The first-order valence-electron chi connectivity index (χ1n) is 9.04. The largest absolute Gasteiger partial charge is 0.205 e. The van der Waals surface area contributed by atoms with Crippen LogP contribution in [0.25, 0.3) is 0 Å². The Bertz CT molecular complexity index is 659. The number of hydrogen-bond acceptors (Lipinski definition) is 2. The molecule has 0 spiro atoms. The highest BCUT2D eigenvalue weighted by Crippen LogP contribution is 2.43. The molecule has 0 amide bonds. The van der Waals surface area contributed by atoms with Crippen LogP contribution in [0, 0.1) is 34.3 Å². The zero-order chi connectivity index (χ0) is 17.1. The smallest absolute Gasteiger partial charge is 0.147 e. The van der Waals surface area contributed by atoms with Crippen molar-refractivity contribution < 1.29 is 8.78 Å². The van der Waals surface area contributed by atoms with Gasteiger partial charge in [-0.2, -0.15) is 10.5 Å². The lowest BCUT2D eigenvalue weighted by molar-refractivity contribution is 0.406. The second-order valence-electron chi connectivity index (χ2n) is 7.10. The summed E-state index contributed by atoms with van der Waals surface area (Å²) in [7, 11) is 0. The minimum absolute atomic E-state index is 0.0117. The van der Waals surface area contributed by atoms with Crippen molar-refractivity contribution in [3.05, 3.63) is 33.9 Å². The van der Waals surface area contributed by atoms with Gasteiger partial charge in [-0.25, -0.2) is 8.78 Å². The quantitative estimate of drug-likeness (QED) is 0.688. The van der Waals surface area contributed by atoms with E-state index in [0.717, 1.165) is 64.2 Å². The van der Waals surface area contributed by atoms with Crippen LogP contribution in [0.1, 0.15) is 98.3 Å². The molecule has 0 bridgehead atoms. The second-order valence-corrected chi connectivity index (χ2v) is 7.10. The predicted molar refractivity (Wildman–Crippen MR) is 87.4 cm³/mol. The minimum atomic E-state index is -0.707. The standard InChI is InChI=1S/C20H22F2N2/c21-19-15(11-23)17(13-7-3-1-4-8-13)16(12-24)20(22)18(19)14-9-5-2-6-10-14/h13-14H,1-10H2. The number of nitrogens with zero attached hydrogens (tertiary/aromatic N) is 2. The number of rotatable bonds is 2. The van der Waals surface area contributed by atoms with Gasteiger partial charge in [0.25, 0.3) is 0 Å². The number of nitriles is 2. The van der Waals surface area contributed by atoms with E-state index < -0.39 is 11.6 Å². The first kappa shape index (κ1) is 16.9. The summed E-state index contributed by atoms with van der Waals surface area (Å²) in [6, 6.07) is 3.90. The third kappa shape index (κ3) is 2.91. The lowest BCUT2D eigenvalue weighted by atomic mass is 9.76. The molecule has 0 heterocycles. The van der Waals surface area contributed by atoms with E-state index in [1.165, 1.54) is 0 Å². The average Bonchev–Trinajstić information content (AvgIpc) is 2.63. The van der Waals surface area contributed by atoms with E-state index in [2.05, 4.69) is 0 Å². The van der Waals surface area contributed by atoms with E-state index in [1.54, 1.807) is 0 Å². The maximum Gasteiger partial charge on any atom is 0.147 e. The summed E-state index contributed by atoms with van der Waals surface area (Å²) in [5.41, 5.74) is 0.150. The van der Waals surface area contributed by atoms with Crippen molar-refractivity contribution in [2.24, 2.45) is 0 Å². The molecule has 0 unspecified atom stereocenters. The molecule has 3 rings (SSSR count). The van der Waals surface area contributed by atoms with Crippen molar-refractivity contribution >= 4 is 0 Å². The Morgan fingerprint density at radius 3 is 1.38 bits per heavy atom. The molecule has 2 saturated carbocycles. The summed E-state index contributed by atoms with van der Waals surface area (Å²) < 4.78 is 30.2. The van der Waals surface area contributed by atoms with Gasteiger partial charge in [-0.1, -0.05) is 38.5 Å². The maximum atomic E-state index is 15.1. The highest BCUT2D eigenvalue weighted by Gasteiger charge is 2.33. The van der Waals surface area contributed by atoms with Crippen molar-refractivity contribution in [1.82, 2.24) is 0 Å². The van der Waals surface area contributed by atoms with Crippen LogP contribution in [-0.4, -0.2) is 0 Å². The van der Waals surface area contributed by atoms with E-state index >= 15 is 8.78 Å². The van der Waals surface area contributed by atoms with Crippen molar-refractivity contribution in [2.75, 3.05) is 0 Å². The summed E-state index contributed by atoms with van der Waals surface area (Å²) in [5.74, 6) is -1.70. The number of halogens is 2. The molecule has 0 radical (unpaired) electrons. The van der Waals surface area contributed by atoms with Gasteiger partial charge in [0.1, 0.15) is 23.8 Å². The molecule has 24 heavy (non-hydrogen) atoms. The van der Waals surface area contributed by atoms with Gasteiger partial charge in [-0.15, -0.1) is 0 Å². The van der Waals surface area contributed by atoms with Gasteiger partial charge in [0, 0.05) is 5.56 Å². The van der Waals surface area contributed by atoms with Crippen LogP contribution in [0.4, 0.5) is 8.78 Å². The molecule has 2 fully saturated rings. The molecule has 0 atom stereocenters. The molecule has 1 aromatic carbocycles. The Labute approximate surface area is 142 Å². The average molecular weight is 328 g/mol. The summed E-state index contributed by atoms with van der Waals surface area (Å²) in [5, 5.41) is 19.1. The Hall–Kier alpha value is -1.94. The normalized spacial score (nSPS) is 19.7. The van der Waals surface area contributed by atoms with Crippen molar-refractivity contribution in [2.45, 2.75) is 76.0 Å².